The highest BCUT2D eigenvalue weighted by Crippen LogP contribution is 2.46. The third-order valence-electron chi connectivity index (χ3n) is 3.89. The summed E-state index contributed by atoms with van der Waals surface area (Å²) in [7, 11) is 3.48. The normalized spacial score (nSPS) is 16.0. The molecular formula is C15H22N2O2. The van der Waals surface area contributed by atoms with Gasteiger partial charge in [-0.25, -0.2) is 0 Å². The summed E-state index contributed by atoms with van der Waals surface area (Å²) in [6.07, 6.45) is 1.83. The van der Waals surface area contributed by atoms with Gasteiger partial charge in [0.25, 0.3) is 0 Å². The van der Waals surface area contributed by atoms with Gasteiger partial charge >= 0.3 is 0 Å². The first-order chi connectivity index (χ1) is 9.02. The molecule has 0 spiro atoms. The molecule has 0 atom stereocenters. The Bertz CT molecular complexity index is 481. The molecule has 1 saturated carbocycles. The van der Waals surface area contributed by atoms with Crippen LogP contribution < -0.4 is 10.5 Å². The minimum atomic E-state index is -0.286. The minimum absolute atomic E-state index is 0.151. The average Bonchev–Trinajstić information content (AvgIpc) is 3.19. The average molecular weight is 262 g/mol. The molecule has 1 aliphatic carbocycles. The molecule has 0 aromatic heterocycles. The Morgan fingerprint density at radius 3 is 2.68 bits per heavy atom. The quantitative estimate of drug-likeness (QED) is 0.878. The molecule has 1 aliphatic rings. The molecule has 0 saturated heterocycles. The van der Waals surface area contributed by atoms with E-state index < -0.39 is 0 Å². The summed E-state index contributed by atoms with van der Waals surface area (Å²) < 4.78 is 5.35. The summed E-state index contributed by atoms with van der Waals surface area (Å²) in [6, 6.07) is 6.01. The van der Waals surface area contributed by atoms with Crippen LogP contribution in [0.5, 0.6) is 5.75 Å². The van der Waals surface area contributed by atoms with Crippen molar-refractivity contribution in [1.82, 2.24) is 4.90 Å². The Morgan fingerprint density at radius 2 is 2.16 bits per heavy atom. The van der Waals surface area contributed by atoms with Gasteiger partial charge in [0.2, 0.25) is 5.91 Å². The number of ether oxygens (including phenoxy) is 1. The van der Waals surface area contributed by atoms with Gasteiger partial charge in [0.05, 0.1) is 12.5 Å². The van der Waals surface area contributed by atoms with Crippen molar-refractivity contribution >= 4 is 5.91 Å². The van der Waals surface area contributed by atoms with Crippen LogP contribution in [0, 0.1) is 12.3 Å². The Balaban J connectivity index is 2.12. The van der Waals surface area contributed by atoms with Crippen molar-refractivity contribution in [2.24, 2.45) is 11.1 Å². The number of nitrogens with zero attached hydrogens (tertiary/aromatic N) is 1. The largest absolute Gasteiger partial charge is 0.496 e. The summed E-state index contributed by atoms with van der Waals surface area (Å²) in [6.45, 7) is 3.04. The number of hydrogen-bond donors (Lipinski definition) is 1. The number of nitrogens with two attached hydrogens (primary N) is 1. The van der Waals surface area contributed by atoms with E-state index in [1.807, 2.05) is 26.1 Å². The van der Waals surface area contributed by atoms with Crippen molar-refractivity contribution in [2.45, 2.75) is 26.3 Å². The lowest BCUT2D eigenvalue weighted by Gasteiger charge is -2.23. The van der Waals surface area contributed by atoms with Gasteiger partial charge in [0, 0.05) is 25.7 Å². The van der Waals surface area contributed by atoms with E-state index in [1.54, 1.807) is 12.0 Å². The summed E-state index contributed by atoms with van der Waals surface area (Å²) in [4.78, 5) is 14.1. The van der Waals surface area contributed by atoms with E-state index in [0.717, 1.165) is 29.7 Å². The van der Waals surface area contributed by atoms with E-state index in [4.69, 9.17) is 10.5 Å². The van der Waals surface area contributed by atoms with Crippen LogP contribution in [0.4, 0.5) is 0 Å². The van der Waals surface area contributed by atoms with E-state index >= 15 is 0 Å². The molecule has 1 aromatic rings. The first kappa shape index (κ1) is 13.9. The number of carbonyl (C=O) groups excluding carboxylic acids is 1. The minimum Gasteiger partial charge on any atom is -0.496 e. The highest BCUT2D eigenvalue weighted by atomic mass is 16.5. The van der Waals surface area contributed by atoms with Crippen LogP contribution >= 0.6 is 0 Å². The molecule has 4 nitrogen and oxygen atoms in total. The second-order valence-corrected chi connectivity index (χ2v) is 5.46. The van der Waals surface area contributed by atoms with Crippen LogP contribution in [0.25, 0.3) is 0 Å². The molecule has 4 heteroatoms. The lowest BCUT2D eigenvalue weighted by Crippen LogP contribution is -2.37. The number of methoxy groups -OCH3 is 1. The standard InChI is InChI=1S/C15H22N2O2/c1-11-4-5-13(19-3)12(8-11)9-17(2)14(18)15(10-16)6-7-15/h4-5,8H,6-7,9-10,16H2,1-3H3. The van der Waals surface area contributed by atoms with Crippen molar-refractivity contribution in [2.75, 3.05) is 20.7 Å². The third-order valence-corrected chi connectivity index (χ3v) is 3.89. The highest BCUT2D eigenvalue weighted by Gasteiger charge is 2.49. The Morgan fingerprint density at radius 1 is 1.47 bits per heavy atom. The molecule has 0 heterocycles. The number of carbonyl (C=O) groups is 1. The summed E-state index contributed by atoms with van der Waals surface area (Å²) in [5.41, 5.74) is 7.62. The summed E-state index contributed by atoms with van der Waals surface area (Å²) >= 11 is 0. The van der Waals surface area contributed by atoms with Crippen LogP contribution in [0.1, 0.15) is 24.0 Å². The lowest BCUT2D eigenvalue weighted by atomic mass is 10.0. The molecule has 0 bridgehead atoms. The maximum absolute atomic E-state index is 12.4. The maximum atomic E-state index is 12.4. The van der Waals surface area contributed by atoms with E-state index in [2.05, 4.69) is 6.07 Å². The summed E-state index contributed by atoms with van der Waals surface area (Å²) in [5.74, 6) is 0.974. The van der Waals surface area contributed by atoms with Gasteiger partial charge in [-0.15, -0.1) is 0 Å². The fourth-order valence-electron chi connectivity index (χ4n) is 2.42. The van der Waals surface area contributed by atoms with Gasteiger partial charge in [-0.3, -0.25) is 4.79 Å². The zero-order chi connectivity index (χ0) is 14.0. The summed E-state index contributed by atoms with van der Waals surface area (Å²) in [5, 5.41) is 0. The van der Waals surface area contributed by atoms with E-state index in [1.165, 1.54) is 0 Å². The van der Waals surface area contributed by atoms with Crippen molar-refractivity contribution in [1.29, 1.82) is 0 Å². The van der Waals surface area contributed by atoms with E-state index in [0.29, 0.717) is 13.1 Å². The molecule has 1 fully saturated rings. The van der Waals surface area contributed by atoms with E-state index in [9.17, 15) is 4.79 Å². The maximum Gasteiger partial charge on any atom is 0.230 e. The second-order valence-electron chi connectivity index (χ2n) is 5.46. The number of rotatable bonds is 5. The first-order valence-corrected chi connectivity index (χ1v) is 6.61. The third kappa shape index (κ3) is 2.73. The molecule has 0 unspecified atom stereocenters. The zero-order valence-electron chi connectivity index (χ0n) is 11.9. The fourth-order valence-corrected chi connectivity index (χ4v) is 2.42. The molecule has 1 amide bonds. The molecule has 0 aliphatic heterocycles. The van der Waals surface area contributed by atoms with Gasteiger partial charge in [-0.1, -0.05) is 17.7 Å². The van der Waals surface area contributed by atoms with Crippen LogP contribution in [-0.4, -0.2) is 31.5 Å². The molecule has 19 heavy (non-hydrogen) atoms. The number of amides is 1. The van der Waals surface area contributed by atoms with Gasteiger partial charge in [-0.2, -0.15) is 0 Å². The predicted molar refractivity (Wildman–Crippen MR) is 74.9 cm³/mol. The monoisotopic (exact) mass is 262 g/mol. The number of benzene rings is 1. The molecule has 0 radical (unpaired) electrons. The zero-order valence-corrected chi connectivity index (χ0v) is 11.9. The predicted octanol–water partition coefficient (Wildman–Crippen LogP) is 1.70. The Labute approximate surface area is 114 Å². The van der Waals surface area contributed by atoms with Crippen LogP contribution in [0.3, 0.4) is 0 Å². The number of aryl methyl sites for hydroxylation is 1. The second kappa shape index (κ2) is 5.21. The van der Waals surface area contributed by atoms with E-state index in [-0.39, 0.29) is 11.3 Å². The molecular weight excluding hydrogens is 240 g/mol. The van der Waals surface area contributed by atoms with Gasteiger partial charge in [0.1, 0.15) is 5.75 Å². The van der Waals surface area contributed by atoms with Gasteiger partial charge < -0.3 is 15.4 Å². The van der Waals surface area contributed by atoms with Gasteiger partial charge in [0.15, 0.2) is 0 Å². The molecule has 1 aromatic carbocycles. The van der Waals surface area contributed by atoms with Crippen LogP contribution in [0.15, 0.2) is 18.2 Å². The van der Waals surface area contributed by atoms with Crippen molar-refractivity contribution in [3.05, 3.63) is 29.3 Å². The van der Waals surface area contributed by atoms with Crippen LogP contribution in [-0.2, 0) is 11.3 Å². The van der Waals surface area contributed by atoms with Gasteiger partial charge in [-0.05, 0) is 25.8 Å². The molecule has 104 valence electrons. The fraction of sp³-hybridized carbons (Fsp3) is 0.533. The first-order valence-electron chi connectivity index (χ1n) is 6.61. The van der Waals surface area contributed by atoms with Crippen molar-refractivity contribution in [3.63, 3.8) is 0 Å². The van der Waals surface area contributed by atoms with Crippen LogP contribution in [0.2, 0.25) is 0 Å². The SMILES string of the molecule is COc1ccc(C)cc1CN(C)C(=O)C1(CN)CC1. The highest BCUT2D eigenvalue weighted by molar-refractivity contribution is 5.85. The lowest BCUT2D eigenvalue weighted by molar-refractivity contribution is -0.135. The number of hydrogen-bond acceptors (Lipinski definition) is 3. The Kier molecular flexibility index (Phi) is 3.80. The Hall–Kier alpha value is -1.55. The smallest absolute Gasteiger partial charge is 0.230 e. The van der Waals surface area contributed by atoms with Crippen molar-refractivity contribution < 1.29 is 9.53 Å². The van der Waals surface area contributed by atoms with Crippen molar-refractivity contribution in [3.8, 4) is 5.75 Å². The topological polar surface area (TPSA) is 55.6 Å². The molecule has 2 N–H and O–H groups in total. The molecule has 2 rings (SSSR count).